The Hall–Kier alpha value is -2.78. The summed E-state index contributed by atoms with van der Waals surface area (Å²) in [5.41, 5.74) is -0.794. The fourth-order valence-electron chi connectivity index (χ4n) is 2.47. The molecule has 196 valence electrons. The van der Waals surface area contributed by atoms with Gasteiger partial charge in [-0.3, -0.25) is 0 Å². The third-order valence-electron chi connectivity index (χ3n) is 4.39. The summed E-state index contributed by atoms with van der Waals surface area (Å²) in [5.74, 6) is -1.43. The Kier molecular flexibility index (Phi) is 12.7. The molecule has 0 saturated heterocycles. The van der Waals surface area contributed by atoms with E-state index in [9.17, 15) is 19.2 Å². The number of amides is 4. The molecule has 0 aliphatic carbocycles. The van der Waals surface area contributed by atoms with Gasteiger partial charge in [0.15, 0.2) is 0 Å². The molecule has 0 aromatic rings. The highest BCUT2D eigenvalue weighted by Crippen LogP contribution is 2.06. The van der Waals surface area contributed by atoms with Crippen LogP contribution in [0.25, 0.3) is 0 Å². The third-order valence-corrected chi connectivity index (χ3v) is 4.39. The Balaban J connectivity index is 4.64. The third kappa shape index (κ3) is 15.9. The normalized spacial score (nSPS) is 13.9. The molecular formula is C24H44N4O6. The van der Waals surface area contributed by atoms with E-state index in [1.807, 2.05) is 69.2 Å². The van der Waals surface area contributed by atoms with Gasteiger partial charge in [-0.25, -0.2) is 19.2 Å². The van der Waals surface area contributed by atoms with Crippen molar-refractivity contribution < 1.29 is 28.7 Å². The number of rotatable bonds is 10. The lowest BCUT2D eigenvalue weighted by atomic mass is 10.1. The van der Waals surface area contributed by atoms with E-state index in [1.165, 1.54) is 0 Å². The van der Waals surface area contributed by atoms with E-state index in [0.717, 1.165) is 12.2 Å². The highest BCUT2D eigenvalue weighted by molar-refractivity contribution is 5.91. The van der Waals surface area contributed by atoms with Gasteiger partial charge in [-0.05, 0) is 53.4 Å². The SMILES string of the molecule is CC(C)[C@@H](COC(=O)/C=C/C(=O)OC[C@@H](NC(=O)NC(C)(C)C)C(C)C)NC(=O)NC(C)(C)C. The van der Waals surface area contributed by atoms with Crippen molar-refractivity contribution in [3.05, 3.63) is 12.2 Å². The molecule has 0 fully saturated rings. The summed E-state index contributed by atoms with van der Waals surface area (Å²) in [7, 11) is 0. The minimum Gasteiger partial charge on any atom is -0.460 e. The lowest BCUT2D eigenvalue weighted by Crippen LogP contribution is -2.52. The summed E-state index contributed by atoms with van der Waals surface area (Å²) in [6.07, 6.45) is 1.94. The van der Waals surface area contributed by atoms with E-state index in [1.54, 1.807) is 0 Å². The zero-order valence-corrected chi connectivity index (χ0v) is 22.3. The quantitative estimate of drug-likeness (QED) is 0.278. The van der Waals surface area contributed by atoms with Crippen LogP contribution in [-0.2, 0) is 19.1 Å². The van der Waals surface area contributed by atoms with Gasteiger partial charge in [-0.15, -0.1) is 0 Å². The first-order valence-corrected chi connectivity index (χ1v) is 11.6. The summed E-state index contributed by atoms with van der Waals surface area (Å²) in [5, 5.41) is 11.1. The molecule has 0 aromatic carbocycles. The highest BCUT2D eigenvalue weighted by Gasteiger charge is 2.22. The fraction of sp³-hybridized carbons (Fsp3) is 0.750. The smallest absolute Gasteiger partial charge is 0.331 e. The maximum atomic E-state index is 12.1. The van der Waals surface area contributed by atoms with E-state index in [-0.39, 0.29) is 37.1 Å². The van der Waals surface area contributed by atoms with Crippen LogP contribution in [-0.4, -0.2) is 60.4 Å². The number of hydrogen-bond donors (Lipinski definition) is 4. The average molecular weight is 485 g/mol. The average Bonchev–Trinajstić information content (AvgIpc) is 2.63. The Labute approximate surface area is 204 Å². The fourth-order valence-corrected chi connectivity index (χ4v) is 2.47. The summed E-state index contributed by atoms with van der Waals surface area (Å²) in [6, 6.07) is -1.51. The molecule has 0 aromatic heterocycles. The van der Waals surface area contributed by atoms with Gasteiger partial charge >= 0.3 is 24.0 Å². The maximum absolute atomic E-state index is 12.1. The second-order valence-corrected chi connectivity index (χ2v) is 11.0. The maximum Gasteiger partial charge on any atom is 0.331 e. The molecule has 2 atom stereocenters. The van der Waals surface area contributed by atoms with Crippen molar-refractivity contribution in [3.63, 3.8) is 0 Å². The van der Waals surface area contributed by atoms with Crippen molar-refractivity contribution >= 4 is 24.0 Å². The molecule has 4 N–H and O–H groups in total. The van der Waals surface area contributed by atoms with E-state index < -0.39 is 35.1 Å². The van der Waals surface area contributed by atoms with Crippen LogP contribution < -0.4 is 21.3 Å². The van der Waals surface area contributed by atoms with Crippen molar-refractivity contribution in [2.24, 2.45) is 11.8 Å². The van der Waals surface area contributed by atoms with Gasteiger partial charge in [0.25, 0.3) is 0 Å². The van der Waals surface area contributed by atoms with Crippen LogP contribution >= 0.6 is 0 Å². The monoisotopic (exact) mass is 484 g/mol. The minimum atomic E-state index is -0.733. The van der Waals surface area contributed by atoms with Gasteiger partial charge < -0.3 is 30.7 Å². The van der Waals surface area contributed by atoms with Crippen molar-refractivity contribution in [2.45, 2.75) is 92.4 Å². The Morgan fingerprint density at radius 2 is 0.941 bits per heavy atom. The number of ether oxygens (including phenoxy) is 2. The second-order valence-electron chi connectivity index (χ2n) is 11.0. The molecule has 34 heavy (non-hydrogen) atoms. The summed E-state index contributed by atoms with van der Waals surface area (Å²) in [4.78, 5) is 48.2. The van der Waals surface area contributed by atoms with Gasteiger partial charge in [0.05, 0.1) is 12.1 Å². The zero-order valence-electron chi connectivity index (χ0n) is 22.3. The molecule has 10 nitrogen and oxygen atoms in total. The van der Waals surface area contributed by atoms with Gasteiger partial charge in [0.2, 0.25) is 0 Å². The number of nitrogens with one attached hydrogen (secondary N) is 4. The molecular weight excluding hydrogens is 440 g/mol. The van der Waals surface area contributed by atoms with E-state index in [4.69, 9.17) is 9.47 Å². The zero-order chi connectivity index (χ0) is 26.7. The first kappa shape index (κ1) is 31.2. The first-order chi connectivity index (χ1) is 15.4. The van der Waals surface area contributed by atoms with Gasteiger partial charge in [0, 0.05) is 23.2 Å². The van der Waals surface area contributed by atoms with Gasteiger partial charge in [-0.2, -0.15) is 0 Å². The van der Waals surface area contributed by atoms with Crippen LogP contribution in [0.4, 0.5) is 9.59 Å². The molecule has 0 rings (SSSR count). The van der Waals surface area contributed by atoms with E-state index in [0.29, 0.717) is 0 Å². The standard InChI is InChI=1S/C24H44N4O6/c1-15(2)17(25-21(31)27-23(5,6)7)13-33-19(29)11-12-20(30)34-14-18(16(3)4)26-22(32)28-24(8,9)10/h11-12,15-18H,13-14H2,1-10H3,(H2,25,27,31)(H2,26,28,32)/b12-11+/t17-,18-/m1/s1. The molecule has 0 aliphatic rings. The Morgan fingerprint density at radius 1 is 0.647 bits per heavy atom. The Bertz CT molecular complexity index is 660. The molecule has 0 radical (unpaired) electrons. The van der Waals surface area contributed by atoms with Crippen molar-refractivity contribution in [1.29, 1.82) is 0 Å². The van der Waals surface area contributed by atoms with Crippen LogP contribution in [0, 0.1) is 11.8 Å². The van der Waals surface area contributed by atoms with Crippen LogP contribution in [0.15, 0.2) is 12.2 Å². The minimum absolute atomic E-state index is 0.0170. The van der Waals surface area contributed by atoms with Crippen molar-refractivity contribution in [1.82, 2.24) is 21.3 Å². The van der Waals surface area contributed by atoms with Gasteiger partial charge in [0.1, 0.15) is 13.2 Å². The molecule has 0 aliphatic heterocycles. The van der Waals surface area contributed by atoms with E-state index in [2.05, 4.69) is 21.3 Å². The largest absolute Gasteiger partial charge is 0.460 e. The van der Waals surface area contributed by atoms with Crippen molar-refractivity contribution in [2.75, 3.05) is 13.2 Å². The van der Waals surface area contributed by atoms with Crippen LogP contribution in [0.5, 0.6) is 0 Å². The molecule has 0 spiro atoms. The Morgan fingerprint density at radius 3 is 1.18 bits per heavy atom. The number of esters is 2. The van der Waals surface area contributed by atoms with Crippen molar-refractivity contribution in [3.8, 4) is 0 Å². The molecule has 0 unspecified atom stereocenters. The number of carbonyl (C=O) groups is 4. The highest BCUT2D eigenvalue weighted by atomic mass is 16.5. The number of hydrogen-bond acceptors (Lipinski definition) is 6. The van der Waals surface area contributed by atoms with Crippen LogP contribution in [0.2, 0.25) is 0 Å². The molecule has 0 heterocycles. The lowest BCUT2D eigenvalue weighted by molar-refractivity contribution is -0.141. The number of urea groups is 2. The molecule has 0 saturated carbocycles. The second kappa shape index (κ2) is 13.8. The predicted octanol–water partition coefficient (Wildman–Crippen LogP) is 2.87. The first-order valence-electron chi connectivity index (χ1n) is 11.6. The summed E-state index contributed by atoms with van der Waals surface area (Å²) in [6.45, 7) is 18.7. The lowest BCUT2D eigenvalue weighted by Gasteiger charge is -2.26. The molecule has 4 amide bonds. The number of carbonyl (C=O) groups excluding carboxylic acids is 4. The van der Waals surface area contributed by atoms with Crippen LogP contribution in [0.1, 0.15) is 69.2 Å². The topological polar surface area (TPSA) is 135 Å². The summed E-state index contributed by atoms with van der Waals surface area (Å²) < 4.78 is 10.3. The van der Waals surface area contributed by atoms with Crippen LogP contribution in [0.3, 0.4) is 0 Å². The molecule has 0 bridgehead atoms. The molecule has 10 heteroatoms. The summed E-state index contributed by atoms with van der Waals surface area (Å²) >= 11 is 0. The van der Waals surface area contributed by atoms with E-state index >= 15 is 0 Å². The predicted molar refractivity (Wildman–Crippen MR) is 131 cm³/mol. The van der Waals surface area contributed by atoms with Gasteiger partial charge in [-0.1, -0.05) is 27.7 Å².